The van der Waals surface area contributed by atoms with Crippen LogP contribution in [0.5, 0.6) is 5.75 Å². The number of nitrogens with one attached hydrogen (secondary N) is 1. The molecule has 1 saturated heterocycles. The maximum atomic E-state index is 13.0. The highest BCUT2D eigenvalue weighted by atomic mass is 16.5. The van der Waals surface area contributed by atoms with Crippen LogP contribution in [0, 0.1) is 5.41 Å². The number of hydrogen-bond acceptors (Lipinski definition) is 6. The Balaban J connectivity index is 1.47. The van der Waals surface area contributed by atoms with Crippen LogP contribution in [0.15, 0.2) is 84.9 Å². The van der Waals surface area contributed by atoms with Crippen LogP contribution in [0.3, 0.4) is 0 Å². The molecule has 0 bridgehead atoms. The zero-order valence-corrected chi connectivity index (χ0v) is 25.1. The maximum absolute atomic E-state index is 13.0. The van der Waals surface area contributed by atoms with Crippen LogP contribution in [-0.2, 0) is 24.7 Å². The molecule has 7 heteroatoms. The summed E-state index contributed by atoms with van der Waals surface area (Å²) in [5.41, 5.74) is 1.81. The minimum Gasteiger partial charge on any atom is -0.497 e. The molecule has 0 radical (unpaired) electrons. The highest BCUT2D eigenvalue weighted by Gasteiger charge is 2.42. The molecule has 0 spiro atoms. The first kappa shape index (κ1) is 31.0. The van der Waals surface area contributed by atoms with E-state index in [1.165, 1.54) is 4.90 Å². The number of rotatable bonds is 13. The number of ether oxygens (including phenoxy) is 2. The molecule has 0 saturated carbocycles. The molecule has 4 rings (SSSR count). The molecule has 1 aliphatic heterocycles. The van der Waals surface area contributed by atoms with Crippen molar-refractivity contribution < 1.29 is 23.9 Å². The molecule has 42 heavy (non-hydrogen) atoms. The van der Waals surface area contributed by atoms with Gasteiger partial charge in [-0.25, -0.2) is 4.79 Å². The van der Waals surface area contributed by atoms with Crippen molar-refractivity contribution in [3.63, 3.8) is 0 Å². The smallest absolute Gasteiger partial charge is 0.328 e. The number of Topliss-reactive ketones (excluding diaryl/α,β-unsaturated/α-hetero) is 1. The number of methoxy groups -OCH3 is 1. The van der Waals surface area contributed by atoms with E-state index < -0.39 is 34.7 Å². The number of esters is 1. The number of carbonyl (C=O) groups excluding carboxylic acids is 3. The van der Waals surface area contributed by atoms with E-state index in [9.17, 15) is 14.4 Å². The second kappa shape index (κ2) is 13.8. The van der Waals surface area contributed by atoms with E-state index in [-0.39, 0.29) is 6.61 Å². The molecule has 3 aromatic rings. The van der Waals surface area contributed by atoms with Crippen LogP contribution in [0.25, 0.3) is 0 Å². The quantitative estimate of drug-likeness (QED) is 0.126. The van der Waals surface area contributed by atoms with Gasteiger partial charge in [-0.15, -0.1) is 0 Å². The predicted octanol–water partition coefficient (Wildman–Crippen LogP) is 5.51. The summed E-state index contributed by atoms with van der Waals surface area (Å²) in [6.45, 7) is 6.56. The molecule has 222 valence electrons. The summed E-state index contributed by atoms with van der Waals surface area (Å²) in [6, 6.07) is 27.9. The van der Waals surface area contributed by atoms with Crippen molar-refractivity contribution in [2.45, 2.75) is 58.0 Å². The van der Waals surface area contributed by atoms with Gasteiger partial charge in [0.2, 0.25) is 5.78 Å². The van der Waals surface area contributed by atoms with E-state index in [0.29, 0.717) is 38.8 Å². The van der Waals surface area contributed by atoms with Crippen LogP contribution in [0.4, 0.5) is 0 Å². The van der Waals surface area contributed by atoms with Gasteiger partial charge in [0.05, 0.1) is 19.3 Å². The predicted molar refractivity (Wildman–Crippen MR) is 163 cm³/mol. The van der Waals surface area contributed by atoms with Gasteiger partial charge in [0.15, 0.2) is 0 Å². The van der Waals surface area contributed by atoms with Gasteiger partial charge < -0.3 is 14.4 Å². The largest absolute Gasteiger partial charge is 0.497 e. The molecule has 0 unspecified atom stereocenters. The molecule has 0 aliphatic carbocycles. The fraction of sp³-hybridized carbons (Fsp3) is 0.400. The van der Waals surface area contributed by atoms with E-state index in [4.69, 9.17) is 9.47 Å². The van der Waals surface area contributed by atoms with Crippen molar-refractivity contribution in [1.82, 2.24) is 10.2 Å². The first-order valence-corrected chi connectivity index (χ1v) is 14.8. The van der Waals surface area contributed by atoms with E-state index in [0.717, 1.165) is 22.4 Å². The fourth-order valence-electron chi connectivity index (χ4n) is 5.48. The van der Waals surface area contributed by atoms with Gasteiger partial charge in [0, 0.05) is 12.0 Å². The third-order valence-electron chi connectivity index (χ3n) is 8.37. The second-order valence-electron chi connectivity index (χ2n) is 11.4. The summed E-state index contributed by atoms with van der Waals surface area (Å²) in [5.74, 6) is -0.709. The summed E-state index contributed by atoms with van der Waals surface area (Å²) >= 11 is 0. The van der Waals surface area contributed by atoms with Gasteiger partial charge >= 0.3 is 5.97 Å². The molecule has 1 N–H and O–H groups in total. The fourth-order valence-corrected chi connectivity index (χ4v) is 5.48. The number of carbonyl (C=O) groups is 3. The Kier molecular flexibility index (Phi) is 10.2. The van der Waals surface area contributed by atoms with Gasteiger partial charge in [0.1, 0.15) is 11.8 Å². The zero-order chi connectivity index (χ0) is 30.2. The number of likely N-dealkylation sites (tertiary alicyclic amines) is 1. The van der Waals surface area contributed by atoms with E-state index in [1.807, 2.05) is 55.5 Å². The van der Waals surface area contributed by atoms with Crippen molar-refractivity contribution in [2.75, 3.05) is 26.8 Å². The Morgan fingerprint density at radius 3 is 2.00 bits per heavy atom. The lowest BCUT2D eigenvalue weighted by atomic mass is 9.77. The van der Waals surface area contributed by atoms with Crippen molar-refractivity contribution in [3.05, 3.63) is 102 Å². The maximum Gasteiger partial charge on any atom is 0.328 e. The summed E-state index contributed by atoms with van der Waals surface area (Å²) < 4.78 is 11.1. The zero-order valence-electron chi connectivity index (χ0n) is 25.1. The molecule has 1 aliphatic rings. The summed E-state index contributed by atoms with van der Waals surface area (Å²) in [5, 5.41) is 3.79. The molecule has 1 fully saturated rings. The number of benzene rings is 3. The van der Waals surface area contributed by atoms with Gasteiger partial charge in [0.25, 0.3) is 5.91 Å². The first-order valence-electron chi connectivity index (χ1n) is 14.8. The Labute approximate surface area is 249 Å². The number of amides is 1. The average Bonchev–Trinajstić information content (AvgIpc) is 3.53. The molecule has 1 amide bonds. The number of ketones is 1. The molecular formula is C35H42N2O5. The van der Waals surface area contributed by atoms with E-state index >= 15 is 0 Å². The minimum atomic E-state index is -0.756. The van der Waals surface area contributed by atoms with Gasteiger partial charge in [-0.3, -0.25) is 14.9 Å². The number of hydrogen-bond donors (Lipinski definition) is 1. The molecule has 1 atom stereocenters. The third kappa shape index (κ3) is 6.57. The number of nitrogens with zero attached hydrogens (tertiary/aromatic N) is 1. The Bertz CT molecular complexity index is 1300. The Morgan fingerprint density at radius 1 is 0.881 bits per heavy atom. The van der Waals surface area contributed by atoms with Crippen LogP contribution < -0.4 is 10.1 Å². The monoisotopic (exact) mass is 570 g/mol. The first-order chi connectivity index (χ1) is 20.2. The second-order valence-corrected chi connectivity index (χ2v) is 11.4. The lowest BCUT2D eigenvalue weighted by Gasteiger charge is -2.37. The summed E-state index contributed by atoms with van der Waals surface area (Å²) in [4.78, 5) is 40.1. The normalized spacial score (nSPS) is 15.3. The van der Waals surface area contributed by atoms with Crippen LogP contribution in [0.1, 0.15) is 63.1 Å². The average molecular weight is 571 g/mol. The molecule has 1 heterocycles. The van der Waals surface area contributed by atoms with Gasteiger partial charge in [-0.05, 0) is 61.1 Å². The molecule has 0 aromatic heterocycles. The van der Waals surface area contributed by atoms with Gasteiger partial charge in [-0.2, -0.15) is 0 Å². The van der Waals surface area contributed by atoms with Crippen molar-refractivity contribution in [2.24, 2.45) is 5.41 Å². The van der Waals surface area contributed by atoms with Crippen LogP contribution >= 0.6 is 0 Å². The SMILES string of the molecule is CCC(C)(C)C(=O)C(=O)N1CCC[C@H]1C(=O)OCCCNC(c1ccccc1)(c1ccccc1)c1ccc(OC)cc1. The van der Waals surface area contributed by atoms with E-state index in [2.05, 4.69) is 41.7 Å². The lowest BCUT2D eigenvalue weighted by Crippen LogP contribution is -2.48. The van der Waals surface area contributed by atoms with Crippen molar-refractivity contribution in [3.8, 4) is 5.75 Å². The highest BCUT2D eigenvalue weighted by Crippen LogP contribution is 2.37. The van der Waals surface area contributed by atoms with Crippen LogP contribution in [-0.4, -0.2) is 55.4 Å². The summed E-state index contributed by atoms with van der Waals surface area (Å²) in [6.07, 6.45) is 2.29. The molecule has 3 aromatic carbocycles. The minimum absolute atomic E-state index is 0.195. The molecular weight excluding hydrogens is 528 g/mol. The van der Waals surface area contributed by atoms with Crippen molar-refractivity contribution in [1.29, 1.82) is 0 Å². The van der Waals surface area contributed by atoms with Crippen LogP contribution in [0.2, 0.25) is 0 Å². The van der Waals surface area contributed by atoms with E-state index in [1.54, 1.807) is 21.0 Å². The standard InChI is InChI=1S/C35H42N2O5/c1-5-34(2,3)31(38)32(39)37-24-12-18-30(37)33(40)42-25-13-23-36-35(26-14-8-6-9-15-26,27-16-10-7-11-17-27)28-19-21-29(41-4)22-20-28/h6-11,14-17,19-22,30,36H,5,12-13,18,23-25H2,1-4H3/t30-/m0/s1. The highest BCUT2D eigenvalue weighted by molar-refractivity contribution is 6.38. The topological polar surface area (TPSA) is 84.9 Å². The molecule has 7 nitrogen and oxygen atoms in total. The lowest BCUT2D eigenvalue weighted by molar-refractivity contribution is -0.157. The van der Waals surface area contributed by atoms with Crippen molar-refractivity contribution >= 4 is 17.7 Å². The third-order valence-corrected chi connectivity index (χ3v) is 8.37. The Hall–Kier alpha value is -3.97. The summed E-state index contributed by atoms with van der Waals surface area (Å²) in [7, 11) is 1.65. The Morgan fingerprint density at radius 2 is 1.45 bits per heavy atom. The van der Waals surface area contributed by atoms with Gasteiger partial charge in [-0.1, -0.05) is 93.6 Å².